The van der Waals surface area contributed by atoms with Gasteiger partial charge in [0.05, 0.1) is 17.8 Å². The van der Waals surface area contributed by atoms with Crippen molar-refractivity contribution in [3.8, 4) is 0 Å². The molecule has 0 unspecified atom stereocenters. The van der Waals surface area contributed by atoms with Crippen molar-refractivity contribution in [3.05, 3.63) is 63.4 Å². The molecule has 2 aromatic rings. The fourth-order valence-electron chi connectivity index (χ4n) is 4.80. The smallest absolute Gasteiger partial charge is 0.239 e. The molecule has 0 spiro atoms. The van der Waals surface area contributed by atoms with Gasteiger partial charge in [-0.3, -0.25) is 15.2 Å². The summed E-state index contributed by atoms with van der Waals surface area (Å²) < 4.78 is 15.0. The summed E-state index contributed by atoms with van der Waals surface area (Å²) in [7, 11) is 0. The lowest BCUT2D eigenvalue weighted by atomic mass is 9.97. The SMILES string of the molecule is C[C@H](c1ccc(Cl)cc1Cl)N1NNc2c(F)cc(C3=CCN(C(=O)[C@H]4CCCN4)CC3)cc21. The predicted molar refractivity (Wildman–Crippen MR) is 131 cm³/mol. The number of hydrazine groups is 2. The Morgan fingerprint density at radius 3 is 2.79 bits per heavy atom. The number of hydrogen-bond donors (Lipinski definition) is 3. The first-order valence-corrected chi connectivity index (χ1v) is 12.0. The molecule has 0 aromatic heterocycles. The van der Waals surface area contributed by atoms with Crippen LogP contribution in [-0.4, -0.2) is 36.5 Å². The zero-order valence-corrected chi connectivity index (χ0v) is 19.8. The summed E-state index contributed by atoms with van der Waals surface area (Å²) in [4.78, 5) is 14.6. The highest BCUT2D eigenvalue weighted by Gasteiger charge is 2.31. The number of rotatable bonds is 4. The molecule has 1 fully saturated rings. The van der Waals surface area contributed by atoms with E-state index in [1.165, 1.54) is 0 Å². The molecule has 6 nitrogen and oxygen atoms in total. The Bertz CT molecular complexity index is 1120. The Hall–Kier alpha value is -2.32. The number of anilines is 2. The van der Waals surface area contributed by atoms with Crippen LogP contribution in [0.5, 0.6) is 0 Å². The Kier molecular flexibility index (Phi) is 6.22. The lowest BCUT2D eigenvalue weighted by Gasteiger charge is -2.30. The van der Waals surface area contributed by atoms with Crippen LogP contribution in [0.3, 0.4) is 0 Å². The third kappa shape index (κ3) is 4.30. The Balaban J connectivity index is 1.38. The second-order valence-electron chi connectivity index (χ2n) is 8.71. The Morgan fingerprint density at radius 1 is 1.24 bits per heavy atom. The monoisotopic (exact) mass is 489 g/mol. The lowest BCUT2D eigenvalue weighted by Crippen LogP contribution is -2.45. The average Bonchev–Trinajstić information content (AvgIpc) is 3.49. The molecular weight excluding hydrogens is 464 g/mol. The van der Waals surface area contributed by atoms with E-state index in [1.807, 2.05) is 35.0 Å². The quantitative estimate of drug-likeness (QED) is 0.569. The predicted octanol–water partition coefficient (Wildman–Crippen LogP) is 4.91. The molecule has 3 N–H and O–H groups in total. The minimum Gasteiger partial charge on any atom is -0.337 e. The molecule has 174 valence electrons. The molecule has 3 aliphatic rings. The van der Waals surface area contributed by atoms with E-state index in [0.29, 0.717) is 40.9 Å². The number of nitrogens with one attached hydrogen (secondary N) is 3. The molecule has 1 amide bonds. The molecule has 0 aliphatic carbocycles. The number of carbonyl (C=O) groups is 1. The van der Waals surface area contributed by atoms with Crippen molar-refractivity contribution in [3.63, 3.8) is 0 Å². The van der Waals surface area contributed by atoms with Crippen molar-refractivity contribution in [2.75, 3.05) is 30.1 Å². The number of nitrogens with zero attached hydrogens (tertiary/aromatic N) is 2. The van der Waals surface area contributed by atoms with Crippen LogP contribution < -0.4 is 21.3 Å². The average molecular weight is 490 g/mol. The first-order valence-electron chi connectivity index (χ1n) is 11.2. The van der Waals surface area contributed by atoms with Crippen LogP contribution in [0.4, 0.5) is 15.8 Å². The number of halogens is 3. The third-order valence-electron chi connectivity index (χ3n) is 6.68. The molecule has 1 saturated heterocycles. The van der Waals surface area contributed by atoms with E-state index < -0.39 is 0 Å². The maximum absolute atomic E-state index is 15.0. The fraction of sp³-hybridized carbons (Fsp3) is 0.375. The van der Waals surface area contributed by atoms with E-state index in [4.69, 9.17) is 23.2 Å². The molecule has 3 aliphatic heterocycles. The molecule has 5 rings (SSSR count). The second kappa shape index (κ2) is 9.14. The van der Waals surface area contributed by atoms with Gasteiger partial charge in [-0.25, -0.2) is 4.39 Å². The van der Waals surface area contributed by atoms with Gasteiger partial charge < -0.3 is 10.2 Å². The highest BCUT2D eigenvalue weighted by molar-refractivity contribution is 6.35. The summed E-state index contributed by atoms with van der Waals surface area (Å²) in [5.74, 6) is -0.169. The molecule has 33 heavy (non-hydrogen) atoms. The van der Waals surface area contributed by atoms with Crippen LogP contribution in [0, 0.1) is 5.82 Å². The summed E-state index contributed by atoms with van der Waals surface area (Å²) in [6.45, 7) is 4.07. The normalized spacial score (nSPS) is 21.0. The third-order valence-corrected chi connectivity index (χ3v) is 7.24. The maximum Gasteiger partial charge on any atom is 0.239 e. The Morgan fingerprint density at radius 2 is 2.09 bits per heavy atom. The molecule has 3 heterocycles. The fourth-order valence-corrected chi connectivity index (χ4v) is 5.37. The van der Waals surface area contributed by atoms with Crippen LogP contribution in [-0.2, 0) is 4.79 Å². The number of amides is 1. The van der Waals surface area contributed by atoms with Crippen molar-refractivity contribution in [2.24, 2.45) is 0 Å². The van der Waals surface area contributed by atoms with E-state index in [1.54, 1.807) is 18.2 Å². The van der Waals surface area contributed by atoms with E-state index in [0.717, 1.165) is 36.1 Å². The zero-order valence-electron chi connectivity index (χ0n) is 18.3. The molecule has 2 atom stereocenters. The minimum atomic E-state index is -0.332. The largest absolute Gasteiger partial charge is 0.337 e. The van der Waals surface area contributed by atoms with E-state index in [9.17, 15) is 4.79 Å². The van der Waals surface area contributed by atoms with Gasteiger partial charge in [-0.15, -0.1) is 5.53 Å². The van der Waals surface area contributed by atoms with Gasteiger partial charge in [0.25, 0.3) is 0 Å². The maximum atomic E-state index is 15.0. The van der Waals surface area contributed by atoms with Gasteiger partial charge in [0.15, 0.2) is 0 Å². The summed E-state index contributed by atoms with van der Waals surface area (Å²) in [6.07, 6.45) is 4.67. The lowest BCUT2D eigenvalue weighted by molar-refractivity contribution is -0.132. The van der Waals surface area contributed by atoms with Gasteiger partial charge in [0.2, 0.25) is 5.91 Å². The molecule has 0 bridgehead atoms. The van der Waals surface area contributed by atoms with Crippen molar-refractivity contribution in [2.45, 2.75) is 38.3 Å². The zero-order chi connectivity index (χ0) is 23.1. The first kappa shape index (κ1) is 22.5. The van der Waals surface area contributed by atoms with Crippen molar-refractivity contribution < 1.29 is 9.18 Å². The van der Waals surface area contributed by atoms with Gasteiger partial charge in [0, 0.05) is 23.1 Å². The highest BCUT2D eigenvalue weighted by Crippen LogP contribution is 2.41. The molecule has 0 radical (unpaired) electrons. The number of carbonyl (C=O) groups excluding carboxylic acids is 1. The number of benzene rings is 2. The number of fused-ring (bicyclic) bond motifs is 1. The molecule has 9 heteroatoms. The summed E-state index contributed by atoms with van der Waals surface area (Å²) in [6, 6.07) is 8.67. The topological polar surface area (TPSA) is 59.6 Å². The van der Waals surface area contributed by atoms with Crippen molar-refractivity contribution in [1.29, 1.82) is 0 Å². The van der Waals surface area contributed by atoms with Crippen molar-refractivity contribution in [1.82, 2.24) is 15.8 Å². The van der Waals surface area contributed by atoms with Crippen molar-refractivity contribution >= 4 is 46.1 Å². The highest BCUT2D eigenvalue weighted by atomic mass is 35.5. The van der Waals surface area contributed by atoms with Gasteiger partial charge >= 0.3 is 0 Å². The summed E-state index contributed by atoms with van der Waals surface area (Å²) in [5, 5.41) is 6.25. The molecular formula is C24H26Cl2FN5O. The van der Waals surface area contributed by atoms with Crippen LogP contribution >= 0.6 is 23.2 Å². The number of hydrogen-bond acceptors (Lipinski definition) is 5. The van der Waals surface area contributed by atoms with Gasteiger partial charge in [-0.2, -0.15) is 0 Å². The van der Waals surface area contributed by atoms with Crippen LogP contribution in [0.15, 0.2) is 36.4 Å². The van der Waals surface area contributed by atoms with E-state index >= 15 is 4.39 Å². The molecule has 0 saturated carbocycles. The van der Waals surface area contributed by atoms with Crippen LogP contribution in [0.2, 0.25) is 10.0 Å². The van der Waals surface area contributed by atoms with Crippen LogP contribution in [0.1, 0.15) is 43.4 Å². The van der Waals surface area contributed by atoms with E-state index in [-0.39, 0.29) is 23.8 Å². The van der Waals surface area contributed by atoms with Gasteiger partial charge in [-0.1, -0.05) is 35.3 Å². The minimum absolute atomic E-state index is 0.0655. The standard InChI is InChI=1S/C24H26Cl2FN5O/c1-14(18-5-4-17(25)13-19(18)26)32-22-12-16(11-20(27)23(22)29-30-32)15-6-9-31(10-7-15)24(33)21-3-2-8-28-21/h4-6,11-14,21,28-30H,2-3,7-10H2,1H3/t14-,21-/m1/s1. The molecule has 2 aromatic carbocycles. The Labute approximate surface area is 202 Å². The second-order valence-corrected chi connectivity index (χ2v) is 9.56. The summed E-state index contributed by atoms with van der Waals surface area (Å²) >= 11 is 12.5. The summed E-state index contributed by atoms with van der Waals surface area (Å²) in [5.41, 5.74) is 9.84. The van der Waals surface area contributed by atoms with Gasteiger partial charge in [0.1, 0.15) is 11.5 Å². The van der Waals surface area contributed by atoms with E-state index in [2.05, 4.69) is 16.3 Å². The van der Waals surface area contributed by atoms with Crippen LogP contribution in [0.25, 0.3) is 5.57 Å². The van der Waals surface area contributed by atoms with Gasteiger partial charge in [-0.05, 0) is 73.7 Å². The first-order chi connectivity index (χ1) is 15.9.